The average molecular weight is 750 g/mol. The molecule has 0 fully saturated rings. The summed E-state index contributed by atoms with van der Waals surface area (Å²) in [7, 11) is 0. The van der Waals surface area contributed by atoms with E-state index in [1.54, 1.807) is 0 Å². The van der Waals surface area contributed by atoms with Crippen LogP contribution in [0.5, 0.6) is 0 Å². The van der Waals surface area contributed by atoms with Gasteiger partial charge in [-0.2, -0.15) is 0 Å². The van der Waals surface area contributed by atoms with Gasteiger partial charge >= 0.3 is 0 Å². The summed E-state index contributed by atoms with van der Waals surface area (Å²) in [5.74, 6) is 0. The Bertz CT molecular complexity index is 3600. The van der Waals surface area contributed by atoms with E-state index in [9.17, 15) is 0 Å². The van der Waals surface area contributed by atoms with Gasteiger partial charge in [0.2, 0.25) is 0 Å². The van der Waals surface area contributed by atoms with Crippen LogP contribution in [-0.4, -0.2) is 14.5 Å². The zero-order valence-corrected chi connectivity index (χ0v) is 32.0. The van der Waals surface area contributed by atoms with Crippen LogP contribution in [0, 0.1) is 0 Å². The Kier molecular flexibility index (Phi) is 7.54. The fourth-order valence-electron chi connectivity index (χ4n) is 9.12. The second kappa shape index (κ2) is 13.4. The lowest BCUT2D eigenvalue weighted by Gasteiger charge is -2.12. The first-order valence-corrected chi connectivity index (χ1v) is 20.1. The van der Waals surface area contributed by atoms with Crippen LogP contribution in [0.25, 0.3) is 115 Å². The van der Waals surface area contributed by atoms with E-state index in [4.69, 9.17) is 9.97 Å². The molecule has 10 aromatic carbocycles. The maximum Gasteiger partial charge on any atom is 0.0979 e. The van der Waals surface area contributed by atoms with E-state index in [1.807, 2.05) is 6.20 Å². The molecule has 3 heteroatoms. The van der Waals surface area contributed by atoms with Crippen LogP contribution < -0.4 is 0 Å². The summed E-state index contributed by atoms with van der Waals surface area (Å²) >= 11 is 0. The molecule has 274 valence electrons. The van der Waals surface area contributed by atoms with Crippen molar-refractivity contribution in [2.75, 3.05) is 0 Å². The van der Waals surface area contributed by atoms with Crippen molar-refractivity contribution in [2.45, 2.75) is 0 Å². The summed E-state index contributed by atoms with van der Waals surface area (Å²) in [6.07, 6.45) is 1.92. The molecular weight excluding hydrogens is 715 g/mol. The standard InChI is InChI=1S/C56H35N3/c1-2-13-42-33-45(28-26-36(42)12-1)59-53-25-8-7-22-48(53)51-34-43(27-29-54(51)59)40-17-10-15-38(31-40)37-14-9-16-39(30-37)41-18-11-19-44(32-41)52-35-57-55-49-23-5-3-20-46(49)47-21-4-6-24-50(47)56(55)58-52/h1-35H. The Morgan fingerprint density at radius 3 is 1.49 bits per heavy atom. The minimum absolute atomic E-state index is 0.862. The van der Waals surface area contributed by atoms with Gasteiger partial charge in [0.25, 0.3) is 0 Å². The molecule has 0 unspecified atom stereocenters. The Morgan fingerprint density at radius 1 is 0.305 bits per heavy atom. The van der Waals surface area contributed by atoms with Crippen LogP contribution >= 0.6 is 0 Å². The number of hydrogen-bond acceptors (Lipinski definition) is 2. The van der Waals surface area contributed by atoms with E-state index in [1.165, 1.54) is 71.3 Å². The quantitative estimate of drug-likeness (QED) is 0.164. The SMILES string of the molecule is c1cc(-c2cccc(-c3ccc4c(c3)c3ccccc3n4-c3ccc4ccccc4c3)c2)cc(-c2cccc(-c3cnc4c5ccccc5c5ccccc5c4n3)c2)c1. The van der Waals surface area contributed by atoms with Gasteiger partial charge in [-0.15, -0.1) is 0 Å². The second-order valence-electron chi connectivity index (χ2n) is 15.4. The molecule has 0 aliphatic heterocycles. The molecule has 0 atom stereocenters. The highest BCUT2D eigenvalue weighted by Crippen LogP contribution is 2.38. The summed E-state index contributed by atoms with van der Waals surface area (Å²) in [6.45, 7) is 0. The maximum atomic E-state index is 5.26. The molecule has 12 aromatic rings. The summed E-state index contributed by atoms with van der Waals surface area (Å²) in [5, 5.41) is 9.62. The Labute approximate surface area is 341 Å². The van der Waals surface area contributed by atoms with Gasteiger partial charge in [0.05, 0.1) is 34.0 Å². The molecule has 0 aliphatic rings. The summed E-state index contributed by atoms with van der Waals surface area (Å²) < 4.78 is 2.40. The fourth-order valence-corrected chi connectivity index (χ4v) is 9.12. The smallest absolute Gasteiger partial charge is 0.0979 e. The lowest BCUT2D eigenvalue weighted by Crippen LogP contribution is -1.93. The van der Waals surface area contributed by atoms with E-state index in [0.717, 1.165) is 44.2 Å². The van der Waals surface area contributed by atoms with Gasteiger partial charge in [0.15, 0.2) is 0 Å². The van der Waals surface area contributed by atoms with Crippen molar-refractivity contribution in [2.24, 2.45) is 0 Å². The Morgan fingerprint density at radius 2 is 0.814 bits per heavy atom. The maximum absolute atomic E-state index is 5.26. The van der Waals surface area contributed by atoms with Crippen molar-refractivity contribution in [3.8, 4) is 50.3 Å². The average Bonchev–Trinajstić information content (AvgIpc) is 3.65. The van der Waals surface area contributed by atoms with Gasteiger partial charge in [-0.05, 0) is 103 Å². The van der Waals surface area contributed by atoms with E-state index < -0.39 is 0 Å². The normalized spacial score (nSPS) is 11.7. The van der Waals surface area contributed by atoms with E-state index >= 15 is 0 Å². The van der Waals surface area contributed by atoms with Crippen LogP contribution in [-0.2, 0) is 0 Å². The van der Waals surface area contributed by atoms with Gasteiger partial charge < -0.3 is 4.57 Å². The molecule has 0 N–H and O–H groups in total. The highest BCUT2D eigenvalue weighted by Gasteiger charge is 2.15. The lowest BCUT2D eigenvalue weighted by molar-refractivity contribution is 1.19. The number of aromatic nitrogens is 3. The van der Waals surface area contributed by atoms with Gasteiger partial charge in [-0.25, -0.2) is 4.98 Å². The first-order valence-electron chi connectivity index (χ1n) is 20.1. The van der Waals surface area contributed by atoms with Crippen molar-refractivity contribution in [1.29, 1.82) is 0 Å². The van der Waals surface area contributed by atoms with Gasteiger partial charge in [0, 0.05) is 32.8 Å². The molecule has 59 heavy (non-hydrogen) atoms. The highest BCUT2D eigenvalue weighted by atomic mass is 15.0. The van der Waals surface area contributed by atoms with Crippen molar-refractivity contribution in [3.63, 3.8) is 0 Å². The fraction of sp³-hybridized carbons (Fsp3) is 0. The van der Waals surface area contributed by atoms with Crippen LogP contribution in [0.2, 0.25) is 0 Å². The molecule has 0 amide bonds. The molecule has 12 rings (SSSR count). The first kappa shape index (κ1) is 33.3. The van der Waals surface area contributed by atoms with Crippen molar-refractivity contribution < 1.29 is 0 Å². The predicted octanol–water partition coefficient (Wildman–Crippen LogP) is 14.9. The number of hydrogen-bond donors (Lipinski definition) is 0. The number of fused-ring (bicyclic) bond motifs is 10. The van der Waals surface area contributed by atoms with E-state index in [-0.39, 0.29) is 0 Å². The van der Waals surface area contributed by atoms with Crippen LogP contribution in [0.1, 0.15) is 0 Å². The second-order valence-corrected chi connectivity index (χ2v) is 15.4. The van der Waals surface area contributed by atoms with Crippen molar-refractivity contribution in [3.05, 3.63) is 212 Å². The zero-order chi connectivity index (χ0) is 38.9. The molecule has 3 nitrogen and oxygen atoms in total. The summed E-state index contributed by atoms with van der Waals surface area (Å²) in [6, 6.07) is 74.4. The third-order valence-corrected chi connectivity index (χ3v) is 12.0. The van der Waals surface area contributed by atoms with Crippen LogP contribution in [0.15, 0.2) is 212 Å². The van der Waals surface area contributed by atoms with E-state index in [0.29, 0.717) is 0 Å². The molecular formula is C56H35N3. The Balaban J connectivity index is 0.900. The topological polar surface area (TPSA) is 30.7 Å². The predicted molar refractivity (Wildman–Crippen MR) is 248 cm³/mol. The molecule has 0 saturated heterocycles. The van der Waals surface area contributed by atoms with Gasteiger partial charge in [-0.1, -0.05) is 158 Å². The molecule has 0 aliphatic carbocycles. The monoisotopic (exact) mass is 749 g/mol. The number of rotatable bonds is 5. The summed E-state index contributed by atoms with van der Waals surface area (Å²) in [5.41, 5.74) is 14.4. The molecule has 0 spiro atoms. The third kappa shape index (κ3) is 5.51. The molecule has 0 radical (unpaired) electrons. The Hall–Kier alpha value is -7.88. The van der Waals surface area contributed by atoms with Gasteiger partial charge in [-0.3, -0.25) is 4.98 Å². The first-order chi connectivity index (χ1) is 29.2. The molecule has 2 heterocycles. The highest BCUT2D eigenvalue weighted by molar-refractivity contribution is 6.23. The lowest BCUT2D eigenvalue weighted by atomic mass is 9.95. The van der Waals surface area contributed by atoms with Gasteiger partial charge in [0.1, 0.15) is 0 Å². The third-order valence-electron chi connectivity index (χ3n) is 12.0. The zero-order valence-electron chi connectivity index (χ0n) is 32.0. The van der Waals surface area contributed by atoms with Crippen molar-refractivity contribution in [1.82, 2.24) is 14.5 Å². The minimum atomic E-state index is 0.862. The molecule has 0 bridgehead atoms. The van der Waals surface area contributed by atoms with E-state index in [2.05, 4.69) is 211 Å². The van der Waals surface area contributed by atoms with Crippen LogP contribution in [0.3, 0.4) is 0 Å². The van der Waals surface area contributed by atoms with Crippen molar-refractivity contribution >= 4 is 65.2 Å². The molecule has 2 aromatic heterocycles. The largest absolute Gasteiger partial charge is 0.309 e. The molecule has 0 saturated carbocycles. The van der Waals surface area contributed by atoms with Crippen LogP contribution in [0.4, 0.5) is 0 Å². The number of para-hydroxylation sites is 1. The minimum Gasteiger partial charge on any atom is -0.309 e. The number of benzene rings is 10. The summed E-state index contributed by atoms with van der Waals surface area (Å²) in [4.78, 5) is 10.3. The number of nitrogens with zero attached hydrogens (tertiary/aromatic N) is 3.